The average molecular weight is 379 g/mol. The maximum Gasteiger partial charge on any atom is 0.327 e. The van der Waals surface area contributed by atoms with Gasteiger partial charge < -0.3 is 10.2 Å². The Labute approximate surface area is 162 Å². The van der Waals surface area contributed by atoms with Gasteiger partial charge in [-0.1, -0.05) is 0 Å². The molecule has 3 aromatic rings. The molecular weight excluding hydrogens is 357 g/mol. The molecule has 1 N–H and O–H groups in total. The Morgan fingerprint density at radius 1 is 1.25 bits per heavy atom. The van der Waals surface area contributed by atoms with E-state index in [1.54, 1.807) is 16.8 Å². The van der Waals surface area contributed by atoms with Gasteiger partial charge in [0, 0.05) is 29.9 Å². The first-order valence-corrected chi connectivity index (χ1v) is 9.80. The zero-order valence-corrected chi connectivity index (χ0v) is 15.7. The monoisotopic (exact) mass is 379 g/mol. The molecule has 0 spiro atoms. The molecule has 2 aliphatic rings. The Hall–Kier alpha value is -2.96. The highest BCUT2D eigenvalue weighted by atomic mass is 19.1. The molecule has 6 nitrogen and oxygen atoms in total. The van der Waals surface area contributed by atoms with E-state index in [0.717, 1.165) is 48.3 Å². The van der Waals surface area contributed by atoms with Crippen molar-refractivity contribution in [3.05, 3.63) is 53.7 Å². The number of aryl methyl sites for hydroxylation is 1. The van der Waals surface area contributed by atoms with Crippen molar-refractivity contribution in [1.82, 2.24) is 19.9 Å². The molecule has 2 bridgehead atoms. The summed E-state index contributed by atoms with van der Waals surface area (Å²) in [6, 6.07) is 7.33. The van der Waals surface area contributed by atoms with Crippen LogP contribution in [0, 0.1) is 5.82 Å². The van der Waals surface area contributed by atoms with Crippen LogP contribution < -0.4 is 10.2 Å². The van der Waals surface area contributed by atoms with Crippen LogP contribution in [0.2, 0.25) is 0 Å². The molecule has 144 valence electrons. The predicted octanol–water partition coefficient (Wildman–Crippen LogP) is 3.80. The molecule has 0 radical (unpaired) electrons. The summed E-state index contributed by atoms with van der Waals surface area (Å²) in [5, 5.41) is 3.96. The Kier molecular flexibility index (Phi) is 4.03. The fourth-order valence-corrected chi connectivity index (χ4v) is 4.37. The summed E-state index contributed by atoms with van der Waals surface area (Å²) < 4.78 is 15.6. The minimum atomic E-state index is -0.312. The molecule has 7 heteroatoms. The number of halogens is 1. The Bertz CT molecular complexity index is 1060. The van der Waals surface area contributed by atoms with Gasteiger partial charge in [0.1, 0.15) is 11.6 Å². The summed E-state index contributed by atoms with van der Waals surface area (Å²) in [5.74, 6) is 0.499. The van der Waals surface area contributed by atoms with Gasteiger partial charge in [0.25, 0.3) is 0 Å². The number of carbonyl (C=O) groups excluding carboxylic acids is 1. The number of rotatable bonds is 0. The molecule has 0 saturated carbocycles. The van der Waals surface area contributed by atoms with Crippen LogP contribution in [-0.2, 0) is 6.42 Å². The normalized spacial score (nSPS) is 22.2. The van der Waals surface area contributed by atoms with Gasteiger partial charge in [-0.05, 0) is 62.4 Å². The SMILES string of the molecule is C[C@@H]1CCc2ncc(F)cc2[C@H]2CCCN2c2ccc3ccn(c3n2)C(=O)N1. The molecule has 1 saturated heterocycles. The van der Waals surface area contributed by atoms with Crippen LogP contribution in [0.1, 0.15) is 43.5 Å². The first kappa shape index (κ1) is 17.2. The van der Waals surface area contributed by atoms with Crippen LogP contribution in [0.3, 0.4) is 0 Å². The van der Waals surface area contributed by atoms with Crippen molar-refractivity contribution in [2.24, 2.45) is 0 Å². The van der Waals surface area contributed by atoms with Crippen molar-refractivity contribution < 1.29 is 9.18 Å². The summed E-state index contributed by atoms with van der Waals surface area (Å²) in [6.45, 7) is 2.83. The second-order valence-corrected chi connectivity index (χ2v) is 7.70. The molecule has 5 rings (SSSR count). The van der Waals surface area contributed by atoms with Gasteiger partial charge in [-0.25, -0.2) is 14.2 Å². The van der Waals surface area contributed by atoms with Gasteiger partial charge in [-0.15, -0.1) is 0 Å². The van der Waals surface area contributed by atoms with Crippen molar-refractivity contribution in [1.29, 1.82) is 0 Å². The number of aromatic nitrogens is 3. The Morgan fingerprint density at radius 2 is 2.14 bits per heavy atom. The zero-order valence-electron chi connectivity index (χ0n) is 15.7. The third kappa shape index (κ3) is 2.82. The first-order valence-electron chi connectivity index (χ1n) is 9.80. The van der Waals surface area contributed by atoms with E-state index in [1.807, 2.05) is 25.1 Å². The lowest BCUT2D eigenvalue weighted by Gasteiger charge is -2.27. The van der Waals surface area contributed by atoms with Crippen molar-refractivity contribution in [2.45, 2.75) is 44.7 Å². The lowest BCUT2D eigenvalue weighted by Crippen LogP contribution is -2.36. The zero-order chi connectivity index (χ0) is 19.3. The van der Waals surface area contributed by atoms with E-state index >= 15 is 0 Å². The van der Waals surface area contributed by atoms with Crippen LogP contribution in [0.5, 0.6) is 0 Å². The fraction of sp³-hybridized carbons (Fsp3) is 0.381. The number of anilines is 1. The van der Waals surface area contributed by atoms with Crippen molar-refractivity contribution in [3.63, 3.8) is 0 Å². The smallest absolute Gasteiger partial charge is 0.327 e. The molecule has 5 heterocycles. The quantitative estimate of drug-likeness (QED) is 0.645. The maximum atomic E-state index is 14.1. The van der Waals surface area contributed by atoms with Gasteiger partial charge in [0.15, 0.2) is 5.65 Å². The summed E-state index contributed by atoms with van der Waals surface area (Å²) in [4.78, 5) is 24.2. The lowest BCUT2D eigenvalue weighted by atomic mass is 9.98. The molecule has 2 atom stereocenters. The van der Waals surface area contributed by atoms with Crippen molar-refractivity contribution in [2.75, 3.05) is 11.4 Å². The van der Waals surface area contributed by atoms with Crippen LogP contribution in [-0.4, -0.2) is 33.2 Å². The standard InChI is InChI=1S/C21H22FN5O/c1-13-4-6-17-16(11-15(22)12-23-17)18-3-2-9-26(18)19-7-5-14-8-10-27(20(14)25-19)21(28)24-13/h5,7-8,10-13,18H,2-4,6,9H2,1H3,(H,24,28)/t13-,18-/m1/s1. The molecule has 28 heavy (non-hydrogen) atoms. The number of carbonyl (C=O) groups is 1. The highest BCUT2D eigenvalue weighted by molar-refractivity contribution is 5.90. The molecule has 0 unspecified atom stereocenters. The summed E-state index contributed by atoms with van der Waals surface area (Å²) in [7, 11) is 0. The van der Waals surface area contributed by atoms with Gasteiger partial charge in [-0.2, -0.15) is 0 Å². The van der Waals surface area contributed by atoms with Gasteiger partial charge in [0.2, 0.25) is 0 Å². The second kappa shape index (κ2) is 6.58. The Morgan fingerprint density at radius 3 is 3.04 bits per heavy atom. The molecule has 0 aliphatic carbocycles. The number of nitrogens with zero attached hydrogens (tertiary/aromatic N) is 4. The number of fused-ring (bicyclic) bond motifs is 5. The average Bonchev–Trinajstić information content (AvgIpc) is 3.32. The summed E-state index contributed by atoms with van der Waals surface area (Å²) >= 11 is 0. The number of hydrogen-bond acceptors (Lipinski definition) is 4. The molecule has 1 amide bonds. The summed E-state index contributed by atoms with van der Waals surface area (Å²) in [5.41, 5.74) is 2.48. The minimum Gasteiger partial charge on any atom is -0.349 e. The minimum absolute atomic E-state index is 0.0340. The van der Waals surface area contributed by atoms with E-state index in [-0.39, 0.29) is 23.9 Å². The topological polar surface area (TPSA) is 63.1 Å². The second-order valence-electron chi connectivity index (χ2n) is 7.70. The Balaban J connectivity index is 1.69. The molecule has 2 aliphatic heterocycles. The third-order valence-corrected chi connectivity index (χ3v) is 5.80. The van der Waals surface area contributed by atoms with Crippen molar-refractivity contribution >= 4 is 22.9 Å². The molecule has 1 fully saturated rings. The predicted molar refractivity (Wildman–Crippen MR) is 105 cm³/mol. The molecule has 3 aromatic heterocycles. The number of hydrogen-bond donors (Lipinski definition) is 1. The van der Waals surface area contributed by atoms with Gasteiger partial charge in [0.05, 0.1) is 12.2 Å². The highest BCUT2D eigenvalue weighted by Crippen LogP contribution is 2.37. The van der Waals surface area contributed by atoms with Crippen LogP contribution >= 0.6 is 0 Å². The van der Waals surface area contributed by atoms with E-state index in [2.05, 4.69) is 15.2 Å². The van der Waals surface area contributed by atoms with Crippen LogP contribution in [0.25, 0.3) is 11.0 Å². The van der Waals surface area contributed by atoms with E-state index in [9.17, 15) is 9.18 Å². The van der Waals surface area contributed by atoms with E-state index in [4.69, 9.17) is 4.98 Å². The summed E-state index contributed by atoms with van der Waals surface area (Å²) in [6.07, 6.45) is 6.42. The fourth-order valence-electron chi connectivity index (χ4n) is 4.37. The molecular formula is C21H22FN5O. The van der Waals surface area contributed by atoms with Crippen LogP contribution in [0.15, 0.2) is 36.7 Å². The molecule has 0 aromatic carbocycles. The van der Waals surface area contributed by atoms with E-state index < -0.39 is 0 Å². The first-order chi connectivity index (χ1) is 13.6. The third-order valence-electron chi connectivity index (χ3n) is 5.80. The highest BCUT2D eigenvalue weighted by Gasteiger charge is 2.30. The van der Waals surface area contributed by atoms with E-state index in [0.29, 0.717) is 12.1 Å². The van der Waals surface area contributed by atoms with Crippen LogP contribution in [0.4, 0.5) is 15.0 Å². The van der Waals surface area contributed by atoms with Gasteiger partial charge >= 0.3 is 6.03 Å². The van der Waals surface area contributed by atoms with E-state index in [1.165, 1.54) is 6.20 Å². The van der Waals surface area contributed by atoms with Crippen molar-refractivity contribution in [3.8, 4) is 0 Å². The largest absolute Gasteiger partial charge is 0.349 e. The number of nitrogens with one attached hydrogen (secondary N) is 1. The number of amides is 1. The van der Waals surface area contributed by atoms with Gasteiger partial charge in [-0.3, -0.25) is 9.55 Å². The lowest BCUT2D eigenvalue weighted by molar-refractivity contribution is 0.239. The number of pyridine rings is 2. The maximum absolute atomic E-state index is 14.1.